The average molecular weight is 278 g/mol. The summed E-state index contributed by atoms with van der Waals surface area (Å²) in [5.41, 5.74) is 0. The molecule has 1 amide bonds. The summed E-state index contributed by atoms with van der Waals surface area (Å²) < 4.78 is 40.0. The molecule has 0 saturated carbocycles. The fraction of sp³-hybridized carbons (Fsp3) is 0.833. The summed E-state index contributed by atoms with van der Waals surface area (Å²) in [4.78, 5) is 12.7. The lowest BCUT2D eigenvalue weighted by molar-refractivity contribution is -0.162. The molecule has 0 N–H and O–H groups in total. The zero-order valence-electron chi connectivity index (χ0n) is 10.9. The van der Waals surface area contributed by atoms with Crippen LogP contribution in [0.5, 0.6) is 0 Å². The molecule has 1 aliphatic rings. The highest BCUT2D eigenvalue weighted by Crippen LogP contribution is 2.30. The molecule has 0 radical (unpaired) electrons. The summed E-state index contributed by atoms with van der Waals surface area (Å²) >= 11 is 0. The van der Waals surface area contributed by atoms with Crippen molar-refractivity contribution < 1.29 is 22.7 Å². The monoisotopic (exact) mass is 278 g/mol. The van der Waals surface area contributed by atoms with Gasteiger partial charge in [0.15, 0.2) is 6.61 Å². The number of carbonyl (C=O) groups is 1. The molecule has 2 atom stereocenters. The molecule has 0 bridgehead atoms. The van der Waals surface area contributed by atoms with Gasteiger partial charge in [0.1, 0.15) is 0 Å². The summed E-state index contributed by atoms with van der Waals surface area (Å²) in [6, 6.07) is 2.12. The number of piperidine rings is 1. The van der Waals surface area contributed by atoms with Crippen LogP contribution in [0, 0.1) is 29.1 Å². The van der Waals surface area contributed by atoms with E-state index in [-0.39, 0.29) is 18.4 Å². The number of nitrogens with zero attached hydrogens (tertiary/aromatic N) is 2. The van der Waals surface area contributed by atoms with Crippen LogP contribution in [-0.4, -0.2) is 36.9 Å². The zero-order valence-corrected chi connectivity index (χ0v) is 10.9. The predicted molar refractivity (Wildman–Crippen MR) is 61.0 cm³/mol. The van der Waals surface area contributed by atoms with Gasteiger partial charge >= 0.3 is 12.3 Å². The molecular weight excluding hydrogens is 261 g/mol. The maximum Gasteiger partial charge on any atom is 0.422 e. The Labute approximate surface area is 110 Å². The maximum absolute atomic E-state index is 11.9. The summed E-state index contributed by atoms with van der Waals surface area (Å²) in [6.07, 6.45) is -4.92. The van der Waals surface area contributed by atoms with Gasteiger partial charge in [-0.3, -0.25) is 0 Å². The van der Waals surface area contributed by atoms with Gasteiger partial charge < -0.3 is 9.64 Å². The van der Waals surface area contributed by atoms with E-state index in [9.17, 15) is 18.0 Å². The van der Waals surface area contributed by atoms with Crippen molar-refractivity contribution in [1.29, 1.82) is 5.26 Å². The summed E-state index contributed by atoms with van der Waals surface area (Å²) in [5, 5.41) is 9.06. The molecule has 1 heterocycles. The highest BCUT2D eigenvalue weighted by Gasteiger charge is 2.35. The van der Waals surface area contributed by atoms with Crippen molar-refractivity contribution >= 4 is 6.09 Å². The normalized spacial score (nSPS) is 24.2. The second-order valence-corrected chi connectivity index (χ2v) is 5.05. The van der Waals surface area contributed by atoms with E-state index < -0.39 is 18.9 Å². The second kappa shape index (κ2) is 6.13. The number of ether oxygens (including phenoxy) is 1. The minimum Gasteiger partial charge on any atom is -0.440 e. The molecule has 19 heavy (non-hydrogen) atoms. The minimum atomic E-state index is -4.53. The van der Waals surface area contributed by atoms with Crippen molar-refractivity contribution in [2.45, 2.75) is 26.4 Å². The molecule has 1 saturated heterocycles. The molecule has 2 unspecified atom stereocenters. The van der Waals surface area contributed by atoms with Crippen LogP contribution >= 0.6 is 0 Å². The molecule has 0 aromatic heterocycles. The quantitative estimate of drug-likeness (QED) is 0.780. The van der Waals surface area contributed by atoms with Crippen LogP contribution in [0.1, 0.15) is 20.3 Å². The summed E-state index contributed by atoms with van der Waals surface area (Å²) in [7, 11) is 0. The number of halogens is 3. The van der Waals surface area contributed by atoms with E-state index in [4.69, 9.17) is 5.26 Å². The third-order valence-electron chi connectivity index (χ3n) is 3.31. The lowest BCUT2D eigenvalue weighted by Crippen LogP contribution is -2.45. The molecule has 1 fully saturated rings. The van der Waals surface area contributed by atoms with Crippen molar-refractivity contribution in [2.24, 2.45) is 17.8 Å². The highest BCUT2D eigenvalue weighted by molar-refractivity contribution is 5.67. The molecule has 7 heteroatoms. The van der Waals surface area contributed by atoms with Crippen LogP contribution < -0.4 is 0 Å². The van der Waals surface area contributed by atoms with Gasteiger partial charge in [0, 0.05) is 13.1 Å². The Kier molecular flexibility index (Phi) is 5.04. The van der Waals surface area contributed by atoms with E-state index in [0.717, 1.165) is 0 Å². The standard InChI is InChI=1S/C12H17F3N2O2/c1-8(2)10-3-4-17(6-9(10)5-16)11(18)19-7-12(13,14)15/h8-10H,3-4,6-7H2,1-2H3. The number of rotatable bonds is 2. The van der Waals surface area contributed by atoms with Crippen molar-refractivity contribution in [3.63, 3.8) is 0 Å². The summed E-state index contributed by atoms with van der Waals surface area (Å²) in [6.45, 7) is 2.86. The molecule has 108 valence electrons. The Morgan fingerprint density at radius 2 is 2.16 bits per heavy atom. The van der Waals surface area contributed by atoms with Gasteiger partial charge in [-0.05, 0) is 18.3 Å². The number of carbonyl (C=O) groups excluding carboxylic acids is 1. The van der Waals surface area contributed by atoms with Crippen LogP contribution in [0.2, 0.25) is 0 Å². The SMILES string of the molecule is CC(C)C1CCN(C(=O)OCC(F)(F)F)CC1C#N. The van der Waals surface area contributed by atoms with Crippen molar-refractivity contribution in [3.8, 4) is 6.07 Å². The van der Waals surface area contributed by atoms with Gasteiger partial charge in [-0.15, -0.1) is 0 Å². The first-order chi connectivity index (χ1) is 8.74. The molecule has 0 aromatic carbocycles. The Balaban J connectivity index is 2.54. The van der Waals surface area contributed by atoms with Gasteiger partial charge in [0.05, 0.1) is 12.0 Å². The smallest absolute Gasteiger partial charge is 0.422 e. The topological polar surface area (TPSA) is 53.3 Å². The number of nitriles is 1. The summed E-state index contributed by atoms with van der Waals surface area (Å²) in [5.74, 6) is 0.113. The van der Waals surface area contributed by atoms with Crippen LogP contribution in [-0.2, 0) is 4.74 Å². The van der Waals surface area contributed by atoms with E-state index >= 15 is 0 Å². The Morgan fingerprint density at radius 3 is 2.63 bits per heavy atom. The Bertz CT molecular complexity index is 363. The van der Waals surface area contributed by atoms with Crippen LogP contribution in [0.15, 0.2) is 0 Å². The molecule has 0 aliphatic carbocycles. The van der Waals surface area contributed by atoms with Crippen molar-refractivity contribution in [3.05, 3.63) is 0 Å². The molecule has 4 nitrogen and oxygen atoms in total. The first-order valence-electron chi connectivity index (χ1n) is 6.12. The van der Waals surface area contributed by atoms with Gasteiger partial charge in [0.2, 0.25) is 0 Å². The average Bonchev–Trinajstić information content (AvgIpc) is 2.34. The van der Waals surface area contributed by atoms with Gasteiger partial charge in [-0.25, -0.2) is 4.79 Å². The number of alkyl halides is 3. The van der Waals surface area contributed by atoms with E-state index in [1.807, 2.05) is 13.8 Å². The first kappa shape index (κ1) is 15.6. The van der Waals surface area contributed by atoms with Crippen molar-refractivity contribution in [2.75, 3.05) is 19.7 Å². The number of amides is 1. The molecule has 0 aromatic rings. The molecular formula is C12H17F3N2O2. The highest BCUT2D eigenvalue weighted by atomic mass is 19.4. The number of hydrogen-bond donors (Lipinski definition) is 0. The second-order valence-electron chi connectivity index (χ2n) is 5.05. The van der Waals surface area contributed by atoms with Crippen LogP contribution in [0.3, 0.4) is 0 Å². The fourth-order valence-corrected chi connectivity index (χ4v) is 2.31. The Hall–Kier alpha value is -1.45. The Morgan fingerprint density at radius 1 is 1.53 bits per heavy atom. The van der Waals surface area contributed by atoms with Crippen LogP contribution in [0.25, 0.3) is 0 Å². The molecule has 1 rings (SSSR count). The third-order valence-corrected chi connectivity index (χ3v) is 3.31. The maximum atomic E-state index is 11.9. The lowest BCUT2D eigenvalue weighted by atomic mass is 9.79. The minimum absolute atomic E-state index is 0.135. The van der Waals surface area contributed by atoms with E-state index in [2.05, 4.69) is 10.8 Å². The molecule has 1 aliphatic heterocycles. The zero-order chi connectivity index (χ0) is 14.6. The van der Waals surface area contributed by atoms with Crippen molar-refractivity contribution in [1.82, 2.24) is 4.90 Å². The van der Waals surface area contributed by atoms with E-state index in [0.29, 0.717) is 18.9 Å². The van der Waals surface area contributed by atoms with Gasteiger partial charge in [0.25, 0.3) is 0 Å². The van der Waals surface area contributed by atoms with Gasteiger partial charge in [-0.1, -0.05) is 13.8 Å². The third kappa shape index (κ3) is 4.62. The number of likely N-dealkylation sites (tertiary alicyclic amines) is 1. The van der Waals surface area contributed by atoms with Crippen LogP contribution in [0.4, 0.5) is 18.0 Å². The predicted octanol–water partition coefficient (Wildman–Crippen LogP) is 2.80. The van der Waals surface area contributed by atoms with Gasteiger partial charge in [-0.2, -0.15) is 18.4 Å². The largest absolute Gasteiger partial charge is 0.440 e. The van der Waals surface area contributed by atoms with E-state index in [1.54, 1.807) is 0 Å². The van der Waals surface area contributed by atoms with E-state index in [1.165, 1.54) is 4.90 Å². The lowest BCUT2D eigenvalue weighted by Gasteiger charge is -2.36. The first-order valence-corrected chi connectivity index (χ1v) is 6.12. The molecule has 0 spiro atoms. The number of hydrogen-bond acceptors (Lipinski definition) is 3. The fourth-order valence-electron chi connectivity index (χ4n) is 2.31.